The van der Waals surface area contributed by atoms with Gasteiger partial charge >= 0.3 is 7.12 Å². The second-order valence-corrected chi connectivity index (χ2v) is 5.30. The van der Waals surface area contributed by atoms with Crippen LogP contribution in [0.4, 0.5) is 0 Å². The Kier molecular flexibility index (Phi) is 3.86. The van der Waals surface area contributed by atoms with E-state index in [2.05, 4.69) is 0 Å². The van der Waals surface area contributed by atoms with Crippen molar-refractivity contribution in [2.75, 3.05) is 0 Å². The minimum absolute atomic E-state index is 0.0288. The fraction of sp³-hybridized carbons (Fsp3) is 0.333. The SMILES string of the molecule is CC(C)S(=O)c1cccc(B(O)O)c1. The Hall–Kier alpha value is -0.645. The van der Waals surface area contributed by atoms with Gasteiger partial charge in [-0.05, 0) is 17.6 Å². The molecule has 0 aliphatic rings. The Morgan fingerprint density at radius 3 is 2.50 bits per heavy atom. The lowest BCUT2D eigenvalue weighted by molar-refractivity contribution is 0.425. The Balaban J connectivity index is 3.00. The van der Waals surface area contributed by atoms with Crippen molar-refractivity contribution >= 4 is 23.4 Å². The first-order valence-electron chi connectivity index (χ1n) is 4.39. The van der Waals surface area contributed by atoms with E-state index < -0.39 is 17.9 Å². The molecule has 0 amide bonds. The van der Waals surface area contributed by atoms with Gasteiger partial charge in [-0.3, -0.25) is 4.21 Å². The number of rotatable bonds is 3. The molecule has 0 spiro atoms. The van der Waals surface area contributed by atoms with Crippen LogP contribution in [0.5, 0.6) is 0 Å². The number of hydrogen-bond acceptors (Lipinski definition) is 3. The fourth-order valence-electron chi connectivity index (χ4n) is 1.07. The van der Waals surface area contributed by atoms with Crippen LogP contribution >= 0.6 is 0 Å². The molecule has 1 rings (SSSR count). The zero-order valence-electron chi connectivity index (χ0n) is 8.18. The van der Waals surface area contributed by atoms with E-state index in [1.54, 1.807) is 24.3 Å². The molecular formula is C9H13BO3S. The summed E-state index contributed by atoms with van der Waals surface area (Å²) in [6.45, 7) is 3.72. The van der Waals surface area contributed by atoms with E-state index in [9.17, 15) is 4.21 Å². The van der Waals surface area contributed by atoms with Crippen LogP contribution in [-0.4, -0.2) is 26.6 Å². The third-order valence-corrected chi connectivity index (χ3v) is 3.39. The lowest BCUT2D eigenvalue weighted by atomic mass is 9.80. The Morgan fingerprint density at radius 2 is 2.00 bits per heavy atom. The molecule has 0 aromatic heterocycles. The molecule has 1 aromatic rings. The highest BCUT2D eigenvalue weighted by Crippen LogP contribution is 2.09. The minimum Gasteiger partial charge on any atom is -0.423 e. The van der Waals surface area contributed by atoms with Crippen molar-refractivity contribution in [1.29, 1.82) is 0 Å². The van der Waals surface area contributed by atoms with E-state index in [-0.39, 0.29) is 5.25 Å². The van der Waals surface area contributed by atoms with Crippen LogP contribution in [0.2, 0.25) is 0 Å². The van der Waals surface area contributed by atoms with Crippen molar-refractivity contribution in [2.45, 2.75) is 24.0 Å². The molecule has 5 heteroatoms. The van der Waals surface area contributed by atoms with E-state index >= 15 is 0 Å². The zero-order valence-corrected chi connectivity index (χ0v) is 8.99. The lowest BCUT2D eigenvalue weighted by Crippen LogP contribution is -2.30. The summed E-state index contributed by atoms with van der Waals surface area (Å²) < 4.78 is 11.7. The van der Waals surface area contributed by atoms with Crippen molar-refractivity contribution in [1.82, 2.24) is 0 Å². The quantitative estimate of drug-likeness (QED) is 0.687. The maximum absolute atomic E-state index is 11.7. The van der Waals surface area contributed by atoms with Gasteiger partial charge in [0.2, 0.25) is 0 Å². The maximum Gasteiger partial charge on any atom is 0.488 e. The average Bonchev–Trinajstić information content (AvgIpc) is 2.16. The van der Waals surface area contributed by atoms with Crippen LogP contribution in [0.3, 0.4) is 0 Å². The topological polar surface area (TPSA) is 57.5 Å². The van der Waals surface area contributed by atoms with Gasteiger partial charge in [0.05, 0.1) is 10.8 Å². The molecule has 0 saturated heterocycles. The molecule has 0 saturated carbocycles. The predicted octanol–water partition coefficient (Wildman–Crippen LogP) is -0.118. The van der Waals surface area contributed by atoms with Crippen molar-refractivity contribution in [2.24, 2.45) is 0 Å². The first-order valence-corrected chi connectivity index (χ1v) is 5.60. The molecular weight excluding hydrogens is 199 g/mol. The molecule has 3 nitrogen and oxygen atoms in total. The molecule has 0 fully saturated rings. The number of benzene rings is 1. The second-order valence-electron chi connectivity index (χ2n) is 3.29. The molecule has 76 valence electrons. The van der Waals surface area contributed by atoms with Gasteiger partial charge in [0.15, 0.2) is 0 Å². The summed E-state index contributed by atoms with van der Waals surface area (Å²) in [6, 6.07) is 6.54. The van der Waals surface area contributed by atoms with Gasteiger partial charge in [0, 0.05) is 10.1 Å². The van der Waals surface area contributed by atoms with Crippen LogP contribution in [0, 0.1) is 0 Å². The van der Waals surface area contributed by atoms with Gasteiger partial charge in [-0.1, -0.05) is 26.0 Å². The molecule has 1 unspecified atom stereocenters. The van der Waals surface area contributed by atoms with Crippen molar-refractivity contribution < 1.29 is 14.3 Å². The largest absolute Gasteiger partial charge is 0.488 e. The normalized spacial score (nSPS) is 12.9. The molecule has 0 radical (unpaired) electrons. The molecule has 0 bridgehead atoms. The van der Waals surface area contributed by atoms with E-state index in [1.165, 1.54) is 0 Å². The first kappa shape index (κ1) is 11.4. The molecule has 2 N–H and O–H groups in total. The van der Waals surface area contributed by atoms with Gasteiger partial charge < -0.3 is 10.0 Å². The van der Waals surface area contributed by atoms with E-state index in [4.69, 9.17) is 10.0 Å². The molecule has 1 atom stereocenters. The van der Waals surface area contributed by atoms with Gasteiger partial charge in [-0.2, -0.15) is 0 Å². The van der Waals surface area contributed by atoms with Crippen LogP contribution in [0.25, 0.3) is 0 Å². The summed E-state index contributed by atoms with van der Waals surface area (Å²) in [5.41, 5.74) is 0.372. The van der Waals surface area contributed by atoms with Crippen molar-refractivity contribution in [3.63, 3.8) is 0 Å². The zero-order chi connectivity index (χ0) is 10.7. The smallest absolute Gasteiger partial charge is 0.423 e. The number of hydrogen-bond donors (Lipinski definition) is 2. The molecule has 1 aromatic carbocycles. The molecule has 14 heavy (non-hydrogen) atoms. The Morgan fingerprint density at radius 1 is 1.36 bits per heavy atom. The summed E-state index contributed by atoms with van der Waals surface area (Å²) in [5.74, 6) is 0. The summed E-state index contributed by atoms with van der Waals surface area (Å²) in [7, 11) is -2.58. The fourth-order valence-corrected chi connectivity index (χ4v) is 2.08. The first-order chi connectivity index (χ1) is 6.52. The summed E-state index contributed by atoms with van der Waals surface area (Å²) in [4.78, 5) is 0.630. The third-order valence-electron chi connectivity index (χ3n) is 1.82. The monoisotopic (exact) mass is 212 g/mol. The molecule has 0 aliphatic carbocycles. The summed E-state index contributed by atoms with van der Waals surface area (Å²) in [6.07, 6.45) is 0. The van der Waals surface area contributed by atoms with Crippen LogP contribution < -0.4 is 5.46 Å². The van der Waals surface area contributed by atoms with Crippen LogP contribution in [0.1, 0.15) is 13.8 Å². The van der Waals surface area contributed by atoms with E-state index in [0.717, 1.165) is 0 Å². The van der Waals surface area contributed by atoms with E-state index in [0.29, 0.717) is 10.4 Å². The highest BCUT2D eigenvalue weighted by Gasteiger charge is 2.14. The van der Waals surface area contributed by atoms with Crippen LogP contribution in [-0.2, 0) is 10.8 Å². The standard InChI is InChI=1S/C9H13BO3S/c1-7(2)14(13)9-5-3-4-8(6-9)10(11)12/h3-7,11-12H,1-2H3. The Labute approximate surface area is 86.4 Å². The predicted molar refractivity (Wildman–Crippen MR) is 57.8 cm³/mol. The van der Waals surface area contributed by atoms with E-state index in [1.807, 2.05) is 13.8 Å². The van der Waals surface area contributed by atoms with Gasteiger partial charge in [-0.15, -0.1) is 0 Å². The maximum atomic E-state index is 11.7. The lowest BCUT2D eigenvalue weighted by Gasteiger charge is -2.07. The van der Waals surface area contributed by atoms with Crippen LogP contribution in [0.15, 0.2) is 29.2 Å². The molecule has 0 aliphatic heterocycles. The van der Waals surface area contributed by atoms with Gasteiger partial charge in [0.1, 0.15) is 0 Å². The second kappa shape index (κ2) is 4.73. The Bertz CT molecular complexity index is 339. The highest BCUT2D eigenvalue weighted by molar-refractivity contribution is 7.85. The van der Waals surface area contributed by atoms with Crippen molar-refractivity contribution in [3.05, 3.63) is 24.3 Å². The summed E-state index contributed by atoms with van der Waals surface area (Å²) >= 11 is 0. The minimum atomic E-state index is -1.50. The third kappa shape index (κ3) is 2.67. The average molecular weight is 212 g/mol. The summed E-state index contributed by atoms with van der Waals surface area (Å²) in [5, 5.41) is 17.9. The molecule has 0 heterocycles. The highest BCUT2D eigenvalue weighted by atomic mass is 32.2. The van der Waals surface area contributed by atoms with Crippen molar-refractivity contribution in [3.8, 4) is 0 Å². The van der Waals surface area contributed by atoms with Gasteiger partial charge in [-0.25, -0.2) is 0 Å². The van der Waals surface area contributed by atoms with Gasteiger partial charge in [0.25, 0.3) is 0 Å².